The minimum Gasteiger partial charge on any atom is -0.507 e. The normalized spacial score (nSPS) is 15.5. The van der Waals surface area contributed by atoms with Crippen LogP contribution >= 0.6 is 0 Å². The highest BCUT2D eigenvalue weighted by Crippen LogP contribution is 2.42. The molecule has 0 spiro atoms. The number of ether oxygens (including phenoxy) is 1. The Hall–Kier alpha value is -2.46. The van der Waals surface area contributed by atoms with Crippen LogP contribution in [0.5, 0.6) is 11.5 Å². The van der Waals surface area contributed by atoms with E-state index in [0.29, 0.717) is 47.8 Å². The molecule has 2 rings (SSSR count). The molecule has 0 radical (unpaired) electrons. The summed E-state index contributed by atoms with van der Waals surface area (Å²) in [6, 6.07) is 5.00. The van der Waals surface area contributed by atoms with E-state index in [4.69, 9.17) is 4.74 Å². The van der Waals surface area contributed by atoms with E-state index in [0.717, 1.165) is 13.0 Å². The van der Waals surface area contributed by atoms with Crippen molar-refractivity contribution in [2.45, 2.75) is 77.9 Å². The van der Waals surface area contributed by atoms with Crippen molar-refractivity contribution in [3.63, 3.8) is 0 Å². The van der Waals surface area contributed by atoms with Crippen LogP contribution in [-0.4, -0.2) is 34.8 Å². The molecule has 0 bridgehead atoms. The quantitative estimate of drug-likeness (QED) is 0.409. The van der Waals surface area contributed by atoms with Crippen molar-refractivity contribution in [2.24, 2.45) is 0 Å². The average molecular weight is 511 g/mol. The molecule has 0 saturated heterocycles. The number of alkyl halides is 6. The number of phenolic OH excluding ortho intramolecular Hbond substituents is 1. The van der Waals surface area contributed by atoms with Crippen LogP contribution in [0.3, 0.4) is 0 Å². The second kappa shape index (κ2) is 10.7. The van der Waals surface area contributed by atoms with Crippen molar-refractivity contribution < 1.29 is 46.4 Å². The minimum atomic E-state index is -4.75. The van der Waals surface area contributed by atoms with Gasteiger partial charge in [-0.25, -0.2) is 0 Å². The molecule has 0 heterocycles. The summed E-state index contributed by atoms with van der Waals surface area (Å²) in [6.07, 6.45) is -8.53. The van der Waals surface area contributed by atoms with E-state index in [9.17, 15) is 41.7 Å². The topological polar surface area (TPSA) is 69.9 Å². The molecule has 10 heteroatoms. The smallest absolute Gasteiger partial charge is 0.421 e. The molecule has 2 aromatic carbocycles. The van der Waals surface area contributed by atoms with E-state index in [-0.39, 0.29) is 16.9 Å². The van der Waals surface area contributed by atoms with Crippen LogP contribution in [0, 0.1) is 13.8 Å². The zero-order valence-electron chi connectivity index (χ0n) is 20.7. The summed E-state index contributed by atoms with van der Waals surface area (Å²) in [4.78, 5) is 0. The van der Waals surface area contributed by atoms with Gasteiger partial charge in [0.1, 0.15) is 11.5 Å². The number of aromatic hydroxyl groups is 1. The van der Waals surface area contributed by atoms with E-state index >= 15 is 0 Å². The summed E-state index contributed by atoms with van der Waals surface area (Å²) in [7, 11) is 1.48. The Morgan fingerprint density at radius 1 is 0.714 bits per heavy atom. The predicted molar refractivity (Wildman–Crippen MR) is 121 cm³/mol. The van der Waals surface area contributed by atoms with Gasteiger partial charge in [0, 0.05) is 0 Å². The fourth-order valence-corrected chi connectivity index (χ4v) is 3.41. The fourth-order valence-electron chi connectivity index (χ4n) is 3.41. The van der Waals surface area contributed by atoms with Crippen molar-refractivity contribution in [1.82, 2.24) is 0 Å². The Kier molecular flexibility index (Phi) is 9.31. The van der Waals surface area contributed by atoms with Crippen molar-refractivity contribution in [2.75, 3.05) is 7.11 Å². The number of benzene rings is 2. The number of aryl methyl sites for hydroxylation is 4. The Morgan fingerprint density at radius 3 is 1.43 bits per heavy atom. The van der Waals surface area contributed by atoms with Crippen LogP contribution in [0.15, 0.2) is 24.3 Å². The highest BCUT2D eigenvalue weighted by Gasteiger charge is 2.52. The molecule has 35 heavy (non-hydrogen) atoms. The Bertz CT molecular complexity index is 1020. The molecule has 0 aromatic heterocycles. The molecule has 0 amide bonds. The van der Waals surface area contributed by atoms with Gasteiger partial charge in [0.15, 0.2) is 11.2 Å². The first kappa shape index (κ1) is 30.6. The van der Waals surface area contributed by atoms with Crippen LogP contribution in [0.2, 0.25) is 0 Å². The van der Waals surface area contributed by atoms with E-state index < -0.39 is 23.6 Å². The fraction of sp³-hybridized carbons (Fsp3) is 0.520. The Labute approximate surface area is 201 Å². The maximum Gasteiger partial charge on any atom is 0.421 e. The zero-order chi connectivity index (χ0) is 27.6. The molecular weight excluding hydrogens is 478 g/mol. The lowest BCUT2D eigenvalue weighted by Gasteiger charge is -2.28. The molecule has 0 aliphatic heterocycles. The number of hydrogen-bond donors (Lipinski definition) is 3. The second-order valence-electron chi connectivity index (χ2n) is 8.63. The van der Waals surface area contributed by atoms with E-state index in [1.165, 1.54) is 32.2 Å². The van der Waals surface area contributed by atoms with Crippen LogP contribution in [-0.2, 0) is 24.0 Å². The van der Waals surface area contributed by atoms with Gasteiger partial charge in [-0.2, -0.15) is 26.3 Å². The minimum absolute atomic E-state index is 0.0192. The molecule has 0 aliphatic carbocycles. The Balaban J connectivity index is 0.000000351. The third-order valence-corrected chi connectivity index (χ3v) is 5.93. The molecule has 0 saturated carbocycles. The first-order valence-corrected chi connectivity index (χ1v) is 10.8. The summed E-state index contributed by atoms with van der Waals surface area (Å²) < 4.78 is 81.5. The van der Waals surface area contributed by atoms with Crippen LogP contribution in [0.1, 0.15) is 61.1 Å². The van der Waals surface area contributed by atoms with Crippen molar-refractivity contribution in [3.8, 4) is 11.5 Å². The van der Waals surface area contributed by atoms with Crippen LogP contribution < -0.4 is 4.74 Å². The van der Waals surface area contributed by atoms with Gasteiger partial charge in [0.25, 0.3) is 0 Å². The third-order valence-electron chi connectivity index (χ3n) is 5.93. The number of aliphatic hydroxyl groups is 2. The van der Waals surface area contributed by atoms with E-state index in [1.54, 1.807) is 13.8 Å². The number of rotatable bonds is 5. The van der Waals surface area contributed by atoms with Gasteiger partial charge in [-0.15, -0.1) is 0 Å². The molecule has 3 N–H and O–H groups in total. The molecule has 4 nitrogen and oxygen atoms in total. The van der Waals surface area contributed by atoms with Crippen molar-refractivity contribution in [1.29, 1.82) is 0 Å². The van der Waals surface area contributed by atoms with Gasteiger partial charge in [-0.1, -0.05) is 13.8 Å². The van der Waals surface area contributed by atoms with Gasteiger partial charge in [-0.3, -0.25) is 0 Å². The van der Waals surface area contributed by atoms with Gasteiger partial charge >= 0.3 is 12.4 Å². The summed E-state index contributed by atoms with van der Waals surface area (Å²) in [6.45, 7) is 8.17. The average Bonchev–Trinajstić information content (AvgIpc) is 2.73. The molecule has 0 aliphatic rings. The number of methoxy groups -OCH3 is 1. The maximum absolute atomic E-state index is 12.8. The Morgan fingerprint density at radius 2 is 1.09 bits per heavy atom. The lowest BCUT2D eigenvalue weighted by atomic mass is 9.91. The first-order valence-electron chi connectivity index (χ1n) is 10.8. The predicted octanol–water partition coefficient (Wildman–Crippen LogP) is 6.37. The van der Waals surface area contributed by atoms with Crippen molar-refractivity contribution >= 4 is 0 Å². The van der Waals surface area contributed by atoms with Gasteiger partial charge in [0.2, 0.25) is 0 Å². The lowest BCUT2D eigenvalue weighted by Crippen LogP contribution is -2.39. The molecule has 198 valence electrons. The van der Waals surface area contributed by atoms with Crippen LogP contribution in [0.25, 0.3) is 0 Å². The summed E-state index contributed by atoms with van der Waals surface area (Å²) in [5.74, 6) is 0.549. The molecule has 2 atom stereocenters. The highest BCUT2D eigenvalue weighted by atomic mass is 19.4. The molecule has 0 fully saturated rings. The van der Waals surface area contributed by atoms with Gasteiger partial charge in [0.05, 0.1) is 7.11 Å². The largest absolute Gasteiger partial charge is 0.507 e. The molecule has 2 aromatic rings. The number of phenols is 1. The highest BCUT2D eigenvalue weighted by molar-refractivity contribution is 5.46. The monoisotopic (exact) mass is 510 g/mol. The van der Waals surface area contributed by atoms with Gasteiger partial charge < -0.3 is 20.1 Å². The SMILES string of the molecule is CCc1cc(C(C)(O)C(F)(F)F)cc(C)c1O.CCc1cc(C(C)(O)C(F)(F)F)cc(C)c1OC. The number of halogens is 6. The number of hydrogen-bond acceptors (Lipinski definition) is 4. The second-order valence-corrected chi connectivity index (χ2v) is 8.63. The zero-order valence-corrected chi connectivity index (χ0v) is 20.7. The summed E-state index contributed by atoms with van der Waals surface area (Å²) in [5, 5.41) is 28.8. The molecular formula is C25H32F6O4. The standard InChI is InChI=1S/C13H17F3O2.C12H15F3O2/c1-5-9-7-10(6-8(2)11(9)18-4)12(3,17)13(14,15)16;1-4-8-6-9(5-7(2)10(8)16)11(3,17)12(13,14)15/h6-7,17H,5H2,1-4H3;5-6,16-17H,4H2,1-3H3. The van der Waals surface area contributed by atoms with E-state index in [2.05, 4.69) is 0 Å². The lowest BCUT2D eigenvalue weighted by molar-refractivity contribution is -0.259. The summed E-state index contributed by atoms with van der Waals surface area (Å²) in [5.41, 5.74) is -4.23. The third kappa shape index (κ3) is 6.41. The maximum atomic E-state index is 12.8. The van der Waals surface area contributed by atoms with E-state index in [1.807, 2.05) is 6.92 Å². The van der Waals surface area contributed by atoms with Gasteiger partial charge in [-0.05, 0) is 98.2 Å². The molecule has 2 unspecified atom stereocenters. The van der Waals surface area contributed by atoms with Crippen LogP contribution in [0.4, 0.5) is 26.3 Å². The van der Waals surface area contributed by atoms with Crippen molar-refractivity contribution in [3.05, 3.63) is 57.6 Å². The summed E-state index contributed by atoms with van der Waals surface area (Å²) >= 11 is 0. The first-order chi connectivity index (χ1) is 15.8.